The molecule has 0 aliphatic heterocycles. The minimum Gasteiger partial charge on any atom is -0.460 e. The highest BCUT2D eigenvalue weighted by molar-refractivity contribution is 6.09. The first-order chi connectivity index (χ1) is 16.3. The van der Waals surface area contributed by atoms with Crippen molar-refractivity contribution in [2.24, 2.45) is 0 Å². The van der Waals surface area contributed by atoms with Gasteiger partial charge in [-0.25, -0.2) is 4.79 Å². The van der Waals surface area contributed by atoms with Crippen molar-refractivity contribution in [3.8, 4) is 11.1 Å². The summed E-state index contributed by atoms with van der Waals surface area (Å²) in [5.41, 5.74) is 1.46. The number of nitrogens with zero attached hydrogens (tertiary/aromatic N) is 3. The molecule has 0 aliphatic carbocycles. The molecule has 3 aromatic rings. The number of nitro groups is 1. The number of esters is 1. The van der Waals surface area contributed by atoms with E-state index in [4.69, 9.17) is 9.47 Å². The van der Waals surface area contributed by atoms with Crippen molar-refractivity contribution >= 4 is 17.6 Å². The Hall–Kier alpha value is -4.18. The fourth-order valence-corrected chi connectivity index (χ4v) is 3.55. The van der Waals surface area contributed by atoms with Crippen LogP contribution in [0, 0.1) is 24.0 Å². The van der Waals surface area contributed by atoms with Crippen LogP contribution < -0.4 is 5.32 Å². The number of hydrogen-bond donors (Lipinski definition) is 1. The van der Waals surface area contributed by atoms with E-state index in [1.165, 1.54) is 25.3 Å². The van der Waals surface area contributed by atoms with Crippen molar-refractivity contribution in [1.29, 1.82) is 0 Å². The SMILES string of the molecule is COCCOC(=O)c1c(C)nc(C)c(C(=O)NCc2ccncc2)c1-c1ccccc1[N+](=O)[O-]. The van der Waals surface area contributed by atoms with Crippen LogP contribution in [0.4, 0.5) is 5.69 Å². The molecular formula is C24H24N4O6. The molecule has 10 nitrogen and oxygen atoms in total. The minimum absolute atomic E-state index is 0.00920. The molecule has 2 heterocycles. The van der Waals surface area contributed by atoms with Crippen molar-refractivity contribution in [2.45, 2.75) is 20.4 Å². The van der Waals surface area contributed by atoms with Gasteiger partial charge in [0.05, 0.1) is 39.6 Å². The Balaban J connectivity index is 2.18. The molecule has 1 amide bonds. The van der Waals surface area contributed by atoms with Crippen LogP contribution in [-0.4, -0.2) is 47.1 Å². The molecule has 0 saturated heterocycles. The number of para-hydroxylation sites is 1. The number of carbonyl (C=O) groups excluding carboxylic acids is 2. The third-order valence-electron chi connectivity index (χ3n) is 5.08. The van der Waals surface area contributed by atoms with E-state index >= 15 is 0 Å². The summed E-state index contributed by atoms with van der Waals surface area (Å²) in [5.74, 6) is -1.28. The van der Waals surface area contributed by atoms with E-state index in [2.05, 4.69) is 15.3 Å². The Kier molecular flexibility index (Phi) is 7.99. The Morgan fingerprint density at radius 3 is 2.38 bits per heavy atom. The van der Waals surface area contributed by atoms with Gasteiger partial charge in [0.25, 0.3) is 11.6 Å². The highest BCUT2D eigenvalue weighted by atomic mass is 16.6. The van der Waals surface area contributed by atoms with Crippen LogP contribution in [0.5, 0.6) is 0 Å². The van der Waals surface area contributed by atoms with Gasteiger partial charge in [-0.05, 0) is 37.6 Å². The van der Waals surface area contributed by atoms with E-state index in [-0.39, 0.29) is 47.7 Å². The molecule has 34 heavy (non-hydrogen) atoms. The number of nitrogens with one attached hydrogen (secondary N) is 1. The number of benzene rings is 1. The number of ether oxygens (including phenoxy) is 2. The average molecular weight is 464 g/mol. The van der Waals surface area contributed by atoms with Crippen LogP contribution >= 0.6 is 0 Å². The minimum atomic E-state index is -0.751. The molecule has 0 unspecified atom stereocenters. The lowest BCUT2D eigenvalue weighted by atomic mass is 9.91. The monoisotopic (exact) mass is 464 g/mol. The van der Waals surface area contributed by atoms with E-state index < -0.39 is 16.8 Å². The zero-order valence-corrected chi connectivity index (χ0v) is 19.0. The summed E-state index contributed by atoms with van der Waals surface area (Å²) in [4.78, 5) is 46.0. The summed E-state index contributed by atoms with van der Waals surface area (Å²) in [6.45, 7) is 3.55. The normalized spacial score (nSPS) is 10.6. The second kappa shape index (κ2) is 11.1. The van der Waals surface area contributed by atoms with Crippen molar-refractivity contribution in [1.82, 2.24) is 15.3 Å². The van der Waals surface area contributed by atoms with Crippen molar-refractivity contribution in [3.63, 3.8) is 0 Å². The van der Waals surface area contributed by atoms with E-state index in [1.807, 2.05) is 0 Å². The average Bonchev–Trinajstić information content (AvgIpc) is 2.82. The molecule has 0 saturated carbocycles. The first kappa shape index (κ1) is 24.5. The molecule has 0 aliphatic rings. The lowest BCUT2D eigenvalue weighted by Crippen LogP contribution is -2.26. The fraction of sp³-hybridized carbons (Fsp3) is 0.250. The van der Waals surface area contributed by atoms with Crippen LogP contribution in [-0.2, 0) is 16.0 Å². The third-order valence-corrected chi connectivity index (χ3v) is 5.08. The van der Waals surface area contributed by atoms with E-state index in [0.29, 0.717) is 11.4 Å². The van der Waals surface area contributed by atoms with Gasteiger partial charge in [0, 0.05) is 37.7 Å². The molecule has 2 aromatic heterocycles. The Morgan fingerprint density at radius 1 is 1.03 bits per heavy atom. The molecule has 0 bridgehead atoms. The summed E-state index contributed by atoms with van der Waals surface area (Å²) in [6, 6.07) is 9.44. The van der Waals surface area contributed by atoms with Crippen LogP contribution in [0.15, 0.2) is 48.8 Å². The summed E-state index contributed by atoms with van der Waals surface area (Å²) < 4.78 is 10.2. The number of pyridine rings is 2. The molecule has 1 aromatic carbocycles. The highest BCUT2D eigenvalue weighted by Gasteiger charge is 2.30. The number of methoxy groups -OCH3 is 1. The van der Waals surface area contributed by atoms with Crippen LogP contribution in [0.2, 0.25) is 0 Å². The Bertz CT molecular complexity index is 1210. The summed E-state index contributed by atoms with van der Waals surface area (Å²) in [5, 5.41) is 14.6. The van der Waals surface area contributed by atoms with Gasteiger partial charge < -0.3 is 14.8 Å². The van der Waals surface area contributed by atoms with Crippen LogP contribution in [0.1, 0.15) is 37.7 Å². The quantitative estimate of drug-likeness (QED) is 0.220. The molecule has 176 valence electrons. The van der Waals surface area contributed by atoms with Gasteiger partial charge in [0.15, 0.2) is 0 Å². The topological polar surface area (TPSA) is 134 Å². The van der Waals surface area contributed by atoms with Crippen molar-refractivity contribution in [2.75, 3.05) is 20.3 Å². The maximum absolute atomic E-state index is 13.4. The van der Waals surface area contributed by atoms with Crippen molar-refractivity contribution < 1.29 is 24.0 Å². The van der Waals surface area contributed by atoms with Crippen molar-refractivity contribution in [3.05, 3.63) is 87.0 Å². The number of aromatic nitrogens is 2. The molecule has 1 N–H and O–H groups in total. The molecule has 0 atom stereocenters. The number of amides is 1. The van der Waals surface area contributed by atoms with Gasteiger partial charge >= 0.3 is 5.97 Å². The lowest BCUT2D eigenvalue weighted by Gasteiger charge is -2.18. The zero-order valence-electron chi connectivity index (χ0n) is 19.0. The number of hydrogen-bond acceptors (Lipinski definition) is 8. The smallest absolute Gasteiger partial charge is 0.340 e. The third kappa shape index (κ3) is 5.41. The van der Waals surface area contributed by atoms with E-state index in [0.717, 1.165) is 5.56 Å². The Morgan fingerprint density at radius 2 is 1.71 bits per heavy atom. The fourth-order valence-electron chi connectivity index (χ4n) is 3.55. The molecular weight excluding hydrogens is 440 g/mol. The standard InChI is InChI=1S/C24H24N4O6/c1-15-20(23(29)26-14-17-8-10-25-11-9-17)22(18-6-4-5-7-19(18)28(31)32)21(16(2)27-15)24(30)34-13-12-33-3/h4-11H,12-14H2,1-3H3,(H,26,29). The van der Waals surface area contributed by atoms with Gasteiger partial charge in [-0.2, -0.15) is 0 Å². The molecule has 0 fully saturated rings. The van der Waals surface area contributed by atoms with Gasteiger partial charge in [-0.3, -0.25) is 24.9 Å². The first-order valence-electron chi connectivity index (χ1n) is 10.4. The lowest BCUT2D eigenvalue weighted by molar-refractivity contribution is -0.384. The largest absolute Gasteiger partial charge is 0.460 e. The van der Waals surface area contributed by atoms with Gasteiger partial charge in [0.1, 0.15) is 6.61 Å². The number of carbonyl (C=O) groups is 2. The first-order valence-corrected chi connectivity index (χ1v) is 10.4. The predicted octanol–water partition coefficient (Wildman–Crippen LogP) is 3.40. The molecule has 0 radical (unpaired) electrons. The molecule has 0 spiro atoms. The number of rotatable bonds is 9. The highest BCUT2D eigenvalue weighted by Crippen LogP contribution is 2.37. The molecule has 3 rings (SSSR count). The van der Waals surface area contributed by atoms with Gasteiger partial charge in [-0.15, -0.1) is 0 Å². The second-order valence-electron chi connectivity index (χ2n) is 7.35. The maximum Gasteiger partial charge on any atom is 0.340 e. The van der Waals surface area contributed by atoms with Crippen LogP contribution in [0.25, 0.3) is 11.1 Å². The zero-order chi connectivity index (χ0) is 24.7. The van der Waals surface area contributed by atoms with E-state index in [1.54, 1.807) is 44.4 Å². The van der Waals surface area contributed by atoms with Gasteiger partial charge in [0.2, 0.25) is 0 Å². The maximum atomic E-state index is 13.4. The summed E-state index contributed by atoms with van der Waals surface area (Å²) >= 11 is 0. The summed E-state index contributed by atoms with van der Waals surface area (Å²) in [7, 11) is 1.47. The number of aryl methyl sites for hydroxylation is 2. The summed E-state index contributed by atoms with van der Waals surface area (Å²) in [6.07, 6.45) is 3.21. The number of nitro benzene ring substituents is 1. The van der Waals surface area contributed by atoms with Crippen LogP contribution in [0.3, 0.4) is 0 Å². The predicted molar refractivity (Wildman–Crippen MR) is 123 cm³/mol. The Labute approximate surface area is 196 Å². The molecule has 10 heteroatoms. The van der Waals surface area contributed by atoms with E-state index in [9.17, 15) is 19.7 Å². The van der Waals surface area contributed by atoms with Gasteiger partial charge in [-0.1, -0.05) is 12.1 Å². The second-order valence-corrected chi connectivity index (χ2v) is 7.35.